The number of imidazole rings is 1. The van der Waals surface area contributed by atoms with Crippen molar-refractivity contribution in [1.82, 2.24) is 9.55 Å². The zero-order valence-electron chi connectivity index (χ0n) is 9.77. The summed E-state index contributed by atoms with van der Waals surface area (Å²) >= 11 is 0. The number of hydrogen-bond acceptors (Lipinski definition) is 2. The number of nitrogens with zero attached hydrogens (tertiary/aromatic N) is 2. The third-order valence-corrected chi connectivity index (χ3v) is 3.20. The number of aryl methyl sites for hydroxylation is 1. The van der Waals surface area contributed by atoms with Crippen molar-refractivity contribution in [2.75, 3.05) is 0 Å². The summed E-state index contributed by atoms with van der Waals surface area (Å²) in [5.41, 5.74) is 1.52. The van der Waals surface area contributed by atoms with Crippen molar-refractivity contribution in [1.29, 1.82) is 0 Å². The van der Waals surface area contributed by atoms with E-state index in [2.05, 4.69) is 9.55 Å². The Hall–Kier alpha value is -1.91. The minimum absolute atomic E-state index is 0.0541. The maximum atomic E-state index is 13.2. The van der Waals surface area contributed by atoms with Crippen molar-refractivity contribution < 1.29 is 14.3 Å². The second kappa shape index (κ2) is 4.08. The van der Waals surface area contributed by atoms with Gasteiger partial charge in [0.05, 0.1) is 17.5 Å². The summed E-state index contributed by atoms with van der Waals surface area (Å²) in [5.74, 6) is -0.399. The first-order valence-corrected chi connectivity index (χ1v) is 6.03. The zero-order chi connectivity index (χ0) is 12.7. The number of carbonyl (C=O) groups is 1. The molecule has 1 aromatic carbocycles. The largest absolute Gasteiger partial charge is 0.481 e. The van der Waals surface area contributed by atoms with E-state index in [0.29, 0.717) is 18.0 Å². The normalized spacial score (nSPS) is 15.2. The van der Waals surface area contributed by atoms with Crippen LogP contribution in [0.15, 0.2) is 18.2 Å². The molecule has 3 rings (SSSR count). The number of rotatable bonds is 4. The molecule has 0 atom stereocenters. The maximum absolute atomic E-state index is 13.2. The fourth-order valence-electron chi connectivity index (χ4n) is 2.26. The van der Waals surface area contributed by atoms with Gasteiger partial charge >= 0.3 is 5.97 Å². The summed E-state index contributed by atoms with van der Waals surface area (Å²) in [4.78, 5) is 15.0. The predicted octanol–water partition coefficient (Wildman–Crippen LogP) is 2.53. The van der Waals surface area contributed by atoms with Crippen LogP contribution in [-0.4, -0.2) is 20.6 Å². The lowest BCUT2D eigenvalue weighted by molar-refractivity contribution is -0.137. The van der Waals surface area contributed by atoms with E-state index >= 15 is 0 Å². The Morgan fingerprint density at radius 1 is 1.50 bits per heavy atom. The van der Waals surface area contributed by atoms with Gasteiger partial charge in [-0.05, 0) is 25.0 Å². The smallest absolute Gasteiger partial charge is 0.303 e. The van der Waals surface area contributed by atoms with Crippen molar-refractivity contribution in [2.45, 2.75) is 31.7 Å². The Morgan fingerprint density at radius 2 is 2.28 bits per heavy atom. The van der Waals surface area contributed by atoms with Crippen molar-refractivity contribution in [3.63, 3.8) is 0 Å². The van der Waals surface area contributed by atoms with E-state index in [0.717, 1.165) is 24.2 Å². The molecular weight excluding hydrogens is 235 g/mol. The lowest BCUT2D eigenvalue weighted by atomic mass is 10.3. The molecule has 0 aliphatic heterocycles. The van der Waals surface area contributed by atoms with Gasteiger partial charge in [0.1, 0.15) is 11.6 Å². The molecule has 0 unspecified atom stereocenters. The van der Waals surface area contributed by atoms with E-state index in [-0.39, 0.29) is 12.2 Å². The molecule has 0 spiro atoms. The summed E-state index contributed by atoms with van der Waals surface area (Å²) in [6.45, 7) is 0. The molecule has 1 heterocycles. The van der Waals surface area contributed by atoms with Crippen molar-refractivity contribution in [2.24, 2.45) is 0 Å². The molecule has 0 saturated heterocycles. The molecule has 0 amide bonds. The Balaban J connectivity index is 2.05. The van der Waals surface area contributed by atoms with Crippen LogP contribution in [0.3, 0.4) is 0 Å². The van der Waals surface area contributed by atoms with Crippen LogP contribution in [0, 0.1) is 5.82 Å². The first kappa shape index (κ1) is 11.2. The monoisotopic (exact) mass is 248 g/mol. The van der Waals surface area contributed by atoms with E-state index < -0.39 is 5.97 Å². The summed E-state index contributed by atoms with van der Waals surface area (Å²) in [5, 5.41) is 8.74. The molecule has 2 aromatic rings. The molecule has 18 heavy (non-hydrogen) atoms. The van der Waals surface area contributed by atoms with Crippen LogP contribution in [0.2, 0.25) is 0 Å². The highest BCUT2D eigenvalue weighted by Crippen LogP contribution is 2.38. The maximum Gasteiger partial charge on any atom is 0.303 e. The Kier molecular flexibility index (Phi) is 2.54. The Labute approximate surface area is 103 Å². The number of hydrogen-bond donors (Lipinski definition) is 1. The van der Waals surface area contributed by atoms with Crippen LogP contribution < -0.4 is 0 Å². The molecule has 0 radical (unpaired) electrons. The van der Waals surface area contributed by atoms with Gasteiger partial charge in [-0.1, -0.05) is 0 Å². The number of halogens is 1. The topological polar surface area (TPSA) is 55.1 Å². The molecule has 1 fully saturated rings. The standard InChI is InChI=1S/C13H13FN2O2/c14-8-1-4-11-10(7-8)15-12(5-6-13(17)18)16(11)9-2-3-9/h1,4,7,9H,2-3,5-6H2,(H,17,18). The van der Waals surface area contributed by atoms with Crippen molar-refractivity contribution in [3.05, 3.63) is 29.8 Å². The first-order chi connectivity index (χ1) is 8.65. The number of fused-ring (bicyclic) bond motifs is 1. The van der Waals surface area contributed by atoms with E-state index in [1.165, 1.54) is 12.1 Å². The SMILES string of the molecule is O=C(O)CCc1nc2cc(F)ccc2n1C1CC1. The van der Waals surface area contributed by atoms with Crippen molar-refractivity contribution >= 4 is 17.0 Å². The van der Waals surface area contributed by atoms with Crippen LogP contribution in [0.25, 0.3) is 11.0 Å². The van der Waals surface area contributed by atoms with Crippen LogP contribution in [0.5, 0.6) is 0 Å². The minimum Gasteiger partial charge on any atom is -0.481 e. The van der Waals surface area contributed by atoms with Crippen LogP contribution >= 0.6 is 0 Å². The van der Waals surface area contributed by atoms with Gasteiger partial charge in [-0.3, -0.25) is 4.79 Å². The highest BCUT2D eigenvalue weighted by Gasteiger charge is 2.28. The molecule has 1 saturated carbocycles. The van der Waals surface area contributed by atoms with Crippen molar-refractivity contribution in [3.8, 4) is 0 Å². The summed E-state index contributed by atoms with van der Waals surface area (Å²) in [7, 11) is 0. The number of aliphatic carboxylic acids is 1. The highest BCUT2D eigenvalue weighted by molar-refractivity contribution is 5.76. The molecule has 1 aromatic heterocycles. The number of carboxylic acid groups (broad SMARTS) is 1. The van der Waals surface area contributed by atoms with Gasteiger partial charge in [-0.25, -0.2) is 9.37 Å². The van der Waals surface area contributed by atoms with Gasteiger partial charge < -0.3 is 9.67 Å². The van der Waals surface area contributed by atoms with Gasteiger partial charge in [0, 0.05) is 18.5 Å². The summed E-state index contributed by atoms with van der Waals surface area (Å²) in [6.07, 6.45) is 2.62. The molecule has 1 aliphatic carbocycles. The molecule has 94 valence electrons. The lowest BCUT2D eigenvalue weighted by Gasteiger charge is -2.06. The molecule has 4 nitrogen and oxygen atoms in total. The van der Waals surface area contributed by atoms with Gasteiger partial charge in [-0.2, -0.15) is 0 Å². The molecule has 5 heteroatoms. The lowest BCUT2D eigenvalue weighted by Crippen LogP contribution is -2.05. The van der Waals surface area contributed by atoms with Crippen LogP contribution in [-0.2, 0) is 11.2 Å². The van der Waals surface area contributed by atoms with Gasteiger partial charge in [-0.15, -0.1) is 0 Å². The Bertz CT molecular complexity index is 617. The van der Waals surface area contributed by atoms with Gasteiger partial charge in [0.15, 0.2) is 0 Å². The summed E-state index contributed by atoms with van der Waals surface area (Å²) in [6, 6.07) is 4.95. The Morgan fingerprint density at radius 3 is 2.94 bits per heavy atom. The fraction of sp³-hybridized carbons (Fsp3) is 0.385. The number of carboxylic acids is 1. The summed E-state index contributed by atoms with van der Waals surface area (Å²) < 4.78 is 15.2. The highest BCUT2D eigenvalue weighted by atomic mass is 19.1. The van der Waals surface area contributed by atoms with E-state index in [1.54, 1.807) is 6.07 Å². The molecule has 0 bridgehead atoms. The van der Waals surface area contributed by atoms with Gasteiger partial charge in [0.2, 0.25) is 0 Å². The number of aromatic nitrogens is 2. The second-order valence-corrected chi connectivity index (χ2v) is 4.66. The quantitative estimate of drug-likeness (QED) is 0.904. The van der Waals surface area contributed by atoms with Crippen LogP contribution in [0.1, 0.15) is 31.1 Å². The van der Waals surface area contributed by atoms with Gasteiger partial charge in [0.25, 0.3) is 0 Å². The van der Waals surface area contributed by atoms with E-state index in [4.69, 9.17) is 5.11 Å². The minimum atomic E-state index is -0.837. The number of benzene rings is 1. The third-order valence-electron chi connectivity index (χ3n) is 3.20. The predicted molar refractivity (Wildman–Crippen MR) is 63.9 cm³/mol. The molecular formula is C13H13FN2O2. The second-order valence-electron chi connectivity index (χ2n) is 4.66. The average Bonchev–Trinajstić information content (AvgIpc) is 3.08. The zero-order valence-corrected chi connectivity index (χ0v) is 9.77. The third kappa shape index (κ3) is 1.96. The van der Waals surface area contributed by atoms with Crippen LogP contribution in [0.4, 0.5) is 4.39 Å². The molecule has 1 aliphatic rings. The van der Waals surface area contributed by atoms with E-state index in [1.807, 2.05) is 0 Å². The first-order valence-electron chi connectivity index (χ1n) is 6.03. The molecule has 1 N–H and O–H groups in total. The van der Waals surface area contributed by atoms with E-state index in [9.17, 15) is 9.18 Å². The average molecular weight is 248 g/mol. The fourth-order valence-corrected chi connectivity index (χ4v) is 2.26.